The first-order chi connectivity index (χ1) is 11.7. The number of nitrogens with one attached hydrogen (secondary N) is 1. The lowest BCUT2D eigenvalue weighted by Gasteiger charge is -2.40. The summed E-state index contributed by atoms with van der Waals surface area (Å²) in [5.74, 6) is 4.45. The van der Waals surface area contributed by atoms with Crippen LogP contribution >= 0.6 is 0 Å². The van der Waals surface area contributed by atoms with Gasteiger partial charge >= 0.3 is 0 Å². The third-order valence-corrected chi connectivity index (χ3v) is 4.71. The van der Waals surface area contributed by atoms with Crippen molar-refractivity contribution in [2.75, 3.05) is 29.9 Å². The Hall–Kier alpha value is -2.24. The molecule has 1 aliphatic carbocycles. The Kier molecular flexibility index (Phi) is 4.04. The molecule has 0 radical (unpaired) electrons. The van der Waals surface area contributed by atoms with E-state index in [-0.39, 0.29) is 0 Å². The summed E-state index contributed by atoms with van der Waals surface area (Å²) < 4.78 is 0. The largest absolute Gasteiger partial charge is 0.370 e. The van der Waals surface area contributed by atoms with Crippen molar-refractivity contribution in [3.63, 3.8) is 0 Å². The topological polar surface area (TPSA) is 66.8 Å². The van der Waals surface area contributed by atoms with Gasteiger partial charge in [-0.3, -0.25) is 0 Å². The van der Waals surface area contributed by atoms with E-state index >= 15 is 0 Å². The molecule has 2 fully saturated rings. The van der Waals surface area contributed by atoms with Crippen LogP contribution in [0, 0.1) is 5.92 Å². The highest BCUT2D eigenvalue weighted by atomic mass is 15.3. The van der Waals surface area contributed by atoms with E-state index in [1.54, 1.807) is 0 Å². The fourth-order valence-electron chi connectivity index (χ4n) is 2.99. The van der Waals surface area contributed by atoms with E-state index in [9.17, 15) is 0 Å². The van der Waals surface area contributed by atoms with Gasteiger partial charge in [-0.2, -0.15) is 5.10 Å². The molecule has 126 valence electrons. The third-order valence-electron chi connectivity index (χ3n) is 4.71. The van der Waals surface area contributed by atoms with Crippen LogP contribution in [0.1, 0.15) is 50.0 Å². The van der Waals surface area contributed by atoms with Gasteiger partial charge in [0.15, 0.2) is 5.82 Å². The summed E-state index contributed by atoms with van der Waals surface area (Å²) in [6, 6.07) is 6.19. The second kappa shape index (κ2) is 6.34. The molecule has 24 heavy (non-hydrogen) atoms. The summed E-state index contributed by atoms with van der Waals surface area (Å²) in [6.07, 6.45) is 4.37. The monoisotopic (exact) mass is 324 g/mol. The molecule has 6 heteroatoms. The smallest absolute Gasteiger partial charge is 0.151 e. The summed E-state index contributed by atoms with van der Waals surface area (Å²) in [5, 5.41) is 12.2. The number of aromatic nitrogens is 4. The average molecular weight is 324 g/mol. The fraction of sp³-hybridized carbons (Fsp3) is 0.556. The lowest BCUT2D eigenvalue weighted by Crippen LogP contribution is -2.50. The molecule has 1 saturated carbocycles. The van der Waals surface area contributed by atoms with Crippen LogP contribution < -0.4 is 10.2 Å². The van der Waals surface area contributed by atoms with Crippen molar-refractivity contribution >= 4 is 11.6 Å². The SMILES string of the molecule is CC(C)c1nccc(NCC2CN(c3ccc(C4CC4)nn3)C2)n1. The van der Waals surface area contributed by atoms with E-state index in [2.05, 4.69) is 56.4 Å². The van der Waals surface area contributed by atoms with E-state index in [0.717, 1.165) is 42.8 Å². The van der Waals surface area contributed by atoms with E-state index in [0.29, 0.717) is 17.8 Å². The molecule has 0 spiro atoms. The Balaban J connectivity index is 1.26. The van der Waals surface area contributed by atoms with E-state index in [1.165, 1.54) is 12.8 Å². The van der Waals surface area contributed by atoms with Gasteiger partial charge in [0.1, 0.15) is 11.6 Å². The predicted molar refractivity (Wildman–Crippen MR) is 94.3 cm³/mol. The number of nitrogens with zero attached hydrogens (tertiary/aromatic N) is 5. The van der Waals surface area contributed by atoms with Crippen LogP contribution in [0.4, 0.5) is 11.6 Å². The van der Waals surface area contributed by atoms with Gasteiger partial charge in [0.25, 0.3) is 0 Å². The normalized spacial score (nSPS) is 17.9. The molecule has 0 unspecified atom stereocenters. The second-order valence-corrected chi connectivity index (χ2v) is 7.20. The molecule has 1 aliphatic heterocycles. The van der Waals surface area contributed by atoms with Crippen molar-refractivity contribution in [1.29, 1.82) is 0 Å². The van der Waals surface area contributed by atoms with Gasteiger partial charge in [-0.15, -0.1) is 5.10 Å². The van der Waals surface area contributed by atoms with Crippen molar-refractivity contribution < 1.29 is 0 Å². The molecule has 2 aromatic rings. The van der Waals surface area contributed by atoms with Gasteiger partial charge in [0, 0.05) is 43.6 Å². The third kappa shape index (κ3) is 3.32. The maximum Gasteiger partial charge on any atom is 0.151 e. The van der Waals surface area contributed by atoms with E-state index in [1.807, 2.05) is 12.3 Å². The average Bonchev–Trinajstić information content (AvgIpc) is 3.39. The zero-order chi connectivity index (χ0) is 16.5. The highest BCUT2D eigenvalue weighted by Gasteiger charge is 2.29. The zero-order valence-electron chi connectivity index (χ0n) is 14.3. The molecular weight excluding hydrogens is 300 g/mol. The van der Waals surface area contributed by atoms with E-state index in [4.69, 9.17) is 0 Å². The van der Waals surface area contributed by atoms with Crippen LogP contribution in [0.5, 0.6) is 0 Å². The zero-order valence-corrected chi connectivity index (χ0v) is 14.3. The first-order valence-corrected chi connectivity index (χ1v) is 8.84. The molecular formula is C18H24N6. The minimum atomic E-state index is 0.350. The van der Waals surface area contributed by atoms with E-state index < -0.39 is 0 Å². The van der Waals surface area contributed by atoms with Crippen LogP contribution in [0.3, 0.4) is 0 Å². The van der Waals surface area contributed by atoms with Gasteiger partial charge < -0.3 is 10.2 Å². The van der Waals surface area contributed by atoms with Gasteiger partial charge in [0.05, 0.1) is 5.69 Å². The van der Waals surface area contributed by atoms with Gasteiger partial charge in [-0.05, 0) is 31.0 Å². The Labute approximate surface area is 142 Å². The highest BCUT2D eigenvalue weighted by molar-refractivity contribution is 5.42. The molecule has 6 nitrogen and oxygen atoms in total. The summed E-state index contributed by atoms with van der Waals surface area (Å²) in [4.78, 5) is 11.1. The molecule has 0 aromatic carbocycles. The number of hydrogen-bond donors (Lipinski definition) is 1. The summed E-state index contributed by atoms with van der Waals surface area (Å²) in [7, 11) is 0. The Morgan fingerprint density at radius 1 is 1.17 bits per heavy atom. The van der Waals surface area contributed by atoms with Crippen molar-refractivity contribution in [2.45, 2.75) is 38.5 Å². The molecule has 0 bridgehead atoms. The molecule has 2 aliphatic rings. The lowest BCUT2D eigenvalue weighted by molar-refractivity contribution is 0.425. The standard InChI is InChI=1S/C18H24N6/c1-12(2)18-19-8-7-16(21-18)20-9-13-10-24(11-13)17-6-5-15(22-23-17)14-3-4-14/h5-8,12-14H,3-4,9-11H2,1-2H3,(H,19,20,21). The van der Waals surface area contributed by atoms with Crippen LogP contribution in [-0.2, 0) is 0 Å². The number of hydrogen-bond acceptors (Lipinski definition) is 6. The number of anilines is 2. The van der Waals surface area contributed by atoms with Crippen molar-refractivity contribution in [1.82, 2.24) is 20.2 Å². The van der Waals surface area contributed by atoms with Gasteiger partial charge in [0.2, 0.25) is 0 Å². The maximum atomic E-state index is 4.55. The molecule has 0 amide bonds. The number of rotatable bonds is 6. The summed E-state index contributed by atoms with van der Waals surface area (Å²) >= 11 is 0. The van der Waals surface area contributed by atoms with Crippen LogP contribution in [0.2, 0.25) is 0 Å². The van der Waals surface area contributed by atoms with Gasteiger partial charge in [-0.25, -0.2) is 9.97 Å². The van der Waals surface area contributed by atoms with Crippen LogP contribution in [0.25, 0.3) is 0 Å². The maximum absolute atomic E-state index is 4.55. The lowest BCUT2D eigenvalue weighted by atomic mass is 10.0. The van der Waals surface area contributed by atoms with Crippen LogP contribution in [-0.4, -0.2) is 39.8 Å². The molecule has 1 saturated heterocycles. The summed E-state index contributed by atoms with van der Waals surface area (Å²) in [6.45, 7) is 7.19. The molecule has 4 rings (SSSR count). The molecule has 1 N–H and O–H groups in total. The van der Waals surface area contributed by atoms with Crippen molar-refractivity contribution in [2.24, 2.45) is 5.92 Å². The quantitative estimate of drug-likeness (QED) is 0.881. The minimum absolute atomic E-state index is 0.350. The molecule has 3 heterocycles. The molecule has 2 aromatic heterocycles. The Morgan fingerprint density at radius 3 is 2.67 bits per heavy atom. The Morgan fingerprint density at radius 2 is 2.00 bits per heavy atom. The first-order valence-electron chi connectivity index (χ1n) is 8.84. The van der Waals surface area contributed by atoms with Crippen molar-refractivity contribution in [3.05, 3.63) is 35.9 Å². The Bertz CT molecular complexity index is 689. The first kappa shape index (κ1) is 15.3. The second-order valence-electron chi connectivity index (χ2n) is 7.20. The fourth-order valence-corrected chi connectivity index (χ4v) is 2.99. The van der Waals surface area contributed by atoms with Gasteiger partial charge in [-0.1, -0.05) is 13.8 Å². The summed E-state index contributed by atoms with van der Waals surface area (Å²) in [5.41, 5.74) is 1.15. The highest BCUT2D eigenvalue weighted by Crippen LogP contribution is 2.38. The predicted octanol–water partition coefficient (Wildman–Crippen LogP) is 2.82. The molecule has 0 atom stereocenters. The van der Waals surface area contributed by atoms with Crippen LogP contribution in [0.15, 0.2) is 24.4 Å². The minimum Gasteiger partial charge on any atom is -0.370 e. The van der Waals surface area contributed by atoms with Crippen molar-refractivity contribution in [3.8, 4) is 0 Å².